The zero-order chi connectivity index (χ0) is 14.0. The van der Waals surface area contributed by atoms with Crippen LogP contribution in [0.1, 0.15) is 0 Å². The van der Waals surface area contributed by atoms with Crippen molar-refractivity contribution < 1.29 is 17.9 Å². The van der Waals surface area contributed by atoms with Crippen LogP contribution in [0.3, 0.4) is 0 Å². The number of nitrogen functional groups attached to an aromatic ring is 1. The molecule has 2 rings (SSSR count). The Morgan fingerprint density at radius 2 is 1.68 bits per heavy atom. The van der Waals surface area contributed by atoms with Crippen molar-refractivity contribution in [2.45, 2.75) is 0 Å². The summed E-state index contributed by atoms with van der Waals surface area (Å²) in [6, 6.07) is 5.79. The number of nitrogens with one attached hydrogen (secondary N) is 1. The highest BCUT2D eigenvalue weighted by Gasteiger charge is 2.13. The highest BCUT2D eigenvalue weighted by molar-refractivity contribution is 5.74. The summed E-state index contributed by atoms with van der Waals surface area (Å²) in [5.74, 6) is -2.60. The molecule has 0 amide bonds. The molecule has 0 saturated carbocycles. The largest absolute Gasteiger partial charge is 0.497 e. The molecule has 0 unspecified atom stereocenters. The molecular weight excluding hydrogens is 257 g/mol. The maximum atomic E-state index is 13.5. The van der Waals surface area contributed by atoms with Crippen molar-refractivity contribution in [2.24, 2.45) is 0 Å². The third-order valence-corrected chi connectivity index (χ3v) is 2.53. The fourth-order valence-electron chi connectivity index (χ4n) is 1.57. The summed E-state index contributed by atoms with van der Waals surface area (Å²) in [5.41, 5.74) is 5.76. The number of benzene rings is 2. The molecule has 0 aliphatic heterocycles. The molecule has 0 bridgehead atoms. The number of rotatable bonds is 3. The Hall–Kier alpha value is -2.37. The third kappa shape index (κ3) is 2.73. The second kappa shape index (κ2) is 5.09. The average molecular weight is 268 g/mol. The average Bonchev–Trinajstić information content (AvgIpc) is 2.35. The van der Waals surface area contributed by atoms with Crippen LogP contribution in [0.4, 0.5) is 30.2 Å². The number of halogens is 3. The van der Waals surface area contributed by atoms with Crippen molar-refractivity contribution in [3.8, 4) is 5.75 Å². The van der Waals surface area contributed by atoms with E-state index in [1.807, 2.05) is 0 Å². The van der Waals surface area contributed by atoms with E-state index >= 15 is 0 Å². The Labute approximate surface area is 107 Å². The quantitative estimate of drug-likeness (QED) is 0.838. The number of methoxy groups -OCH3 is 1. The van der Waals surface area contributed by atoms with Crippen LogP contribution in [-0.2, 0) is 0 Å². The van der Waals surface area contributed by atoms with Crippen molar-refractivity contribution >= 4 is 17.1 Å². The van der Waals surface area contributed by atoms with Gasteiger partial charge in [-0.25, -0.2) is 13.2 Å². The Bertz CT molecular complexity index is 594. The Kier molecular flexibility index (Phi) is 3.50. The van der Waals surface area contributed by atoms with E-state index in [4.69, 9.17) is 10.5 Å². The van der Waals surface area contributed by atoms with Crippen molar-refractivity contribution in [3.05, 3.63) is 47.8 Å². The fraction of sp³-hybridized carbons (Fsp3) is 0.0769. The number of hydrogen-bond donors (Lipinski definition) is 2. The number of ether oxygens (including phenoxy) is 1. The topological polar surface area (TPSA) is 47.3 Å². The van der Waals surface area contributed by atoms with E-state index in [1.54, 1.807) is 6.07 Å². The second-order valence-electron chi connectivity index (χ2n) is 3.82. The summed E-state index contributed by atoms with van der Waals surface area (Å²) < 4.78 is 44.8. The lowest BCUT2D eigenvalue weighted by Gasteiger charge is -2.12. The van der Waals surface area contributed by atoms with Gasteiger partial charge in [0.05, 0.1) is 18.5 Å². The van der Waals surface area contributed by atoms with Crippen LogP contribution in [0.25, 0.3) is 0 Å². The number of anilines is 3. The Balaban J connectivity index is 2.41. The van der Waals surface area contributed by atoms with Gasteiger partial charge in [0.15, 0.2) is 11.6 Å². The molecule has 2 aromatic carbocycles. The first kappa shape index (κ1) is 13.1. The van der Waals surface area contributed by atoms with Crippen molar-refractivity contribution in [2.75, 3.05) is 18.2 Å². The highest BCUT2D eigenvalue weighted by atomic mass is 19.1. The van der Waals surface area contributed by atoms with E-state index in [9.17, 15) is 13.2 Å². The zero-order valence-corrected chi connectivity index (χ0v) is 10.0. The van der Waals surface area contributed by atoms with Crippen LogP contribution in [0, 0.1) is 17.5 Å². The van der Waals surface area contributed by atoms with E-state index < -0.39 is 23.1 Å². The molecule has 0 radical (unpaired) electrons. The smallest absolute Gasteiger partial charge is 0.152 e. The van der Waals surface area contributed by atoms with Gasteiger partial charge in [-0.1, -0.05) is 0 Å². The van der Waals surface area contributed by atoms with E-state index in [0.29, 0.717) is 17.9 Å². The molecular formula is C13H11F3N2O. The molecule has 0 fully saturated rings. The van der Waals surface area contributed by atoms with Crippen LogP contribution in [0.15, 0.2) is 30.3 Å². The third-order valence-electron chi connectivity index (χ3n) is 2.53. The molecule has 100 valence electrons. The van der Waals surface area contributed by atoms with E-state index in [0.717, 1.165) is 0 Å². The highest BCUT2D eigenvalue weighted by Crippen LogP contribution is 2.30. The van der Waals surface area contributed by atoms with Gasteiger partial charge in [0.25, 0.3) is 0 Å². The van der Waals surface area contributed by atoms with Gasteiger partial charge in [-0.15, -0.1) is 0 Å². The van der Waals surface area contributed by atoms with Crippen LogP contribution in [0.5, 0.6) is 5.75 Å². The number of nitrogens with two attached hydrogens (primary N) is 1. The first-order valence-electron chi connectivity index (χ1n) is 5.36. The van der Waals surface area contributed by atoms with E-state index in [2.05, 4.69) is 5.32 Å². The molecule has 0 saturated heterocycles. The first-order valence-corrected chi connectivity index (χ1v) is 5.36. The minimum Gasteiger partial charge on any atom is -0.497 e. The van der Waals surface area contributed by atoms with Crippen molar-refractivity contribution in [1.82, 2.24) is 0 Å². The van der Waals surface area contributed by atoms with Crippen molar-refractivity contribution in [3.63, 3.8) is 0 Å². The molecule has 3 nitrogen and oxygen atoms in total. The van der Waals surface area contributed by atoms with Crippen LogP contribution in [-0.4, -0.2) is 7.11 Å². The van der Waals surface area contributed by atoms with Crippen LogP contribution in [0.2, 0.25) is 0 Å². The van der Waals surface area contributed by atoms with Gasteiger partial charge in [0.1, 0.15) is 17.3 Å². The van der Waals surface area contributed by atoms with Gasteiger partial charge in [0.2, 0.25) is 0 Å². The van der Waals surface area contributed by atoms with Gasteiger partial charge < -0.3 is 15.8 Å². The second-order valence-corrected chi connectivity index (χ2v) is 3.82. The monoisotopic (exact) mass is 268 g/mol. The lowest BCUT2D eigenvalue weighted by Crippen LogP contribution is -2.02. The molecule has 0 aliphatic rings. The summed E-state index contributed by atoms with van der Waals surface area (Å²) in [7, 11) is 1.45. The summed E-state index contributed by atoms with van der Waals surface area (Å²) in [6.45, 7) is 0. The van der Waals surface area contributed by atoms with Crippen LogP contribution < -0.4 is 15.8 Å². The van der Waals surface area contributed by atoms with Crippen LogP contribution >= 0.6 is 0 Å². The molecule has 3 N–H and O–H groups in total. The first-order chi connectivity index (χ1) is 9.01. The molecule has 0 heterocycles. The van der Waals surface area contributed by atoms with E-state index in [1.165, 1.54) is 19.2 Å². The minimum atomic E-state index is -1.04. The summed E-state index contributed by atoms with van der Waals surface area (Å²) in [5, 5.41) is 2.49. The van der Waals surface area contributed by atoms with E-state index in [-0.39, 0.29) is 11.4 Å². The predicted molar refractivity (Wildman–Crippen MR) is 67.0 cm³/mol. The molecule has 0 atom stereocenters. The standard InChI is InChI=1S/C13H11F3N2O/c1-19-8-2-3-11(17)12(6-8)18-13-9(15)4-7(14)5-10(13)16/h2-6,18H,17H2,1H3. The predicted octanol–water partition coefficient (Wildman–Crippen LogP) is 3.44. The summed E-state index contributed by atoms with van der Waals surface area (Å²) in [6.07, 6.45) is 0. The summed E-state index contributed by atoms with van der Waals surface area (Å²) >= 11 is 0. The lowest BCUT2D eigenvalue weighted by molar-refractivity contribution is 0.415. The van der Waals surface area contributed by atoms with Gasteiger partial charge in [-0.2, -0.15) is 0 Å². The molecule has 6 heteroatoms. The Morgan fingerprint density at radius 3 is 2.26 bits per heavy atom. The maximum absolute atomic E-state index is 13.5. The molecule has 0 aliphatic carbocycles. The van der Waals surface area contributed by atoms with Crippen molar-refractivity contribution in [1.29, 1.82) is 0 Å². The summed E-state index contributed by atoms with van der Waals surface area (Å²) in [4.78, 5) is 0. The lowest BCUT2D eigenvalue weighted by atomic mass is 10.2. The molecule has 2 aromatic rings. The SMILES string of the molecule is COc1ccc(N)c(Nc2c(F)cc(F)cc2F)c1. The molecule has 0 aromatic heterocycles. The number of hydrogen-bond acceptors (Lipinski definition) is 3. The minimum absolute atomic E-state index is 0.267. The Morgan fingerprint density at radius 1 is 1.05 bits per heavy atom. The van der Waals surface area contributed by atoms with Gasteiger partial charge in [0, 0.05) is 18.2 Å². The van der Waals surface area contributed by atoms with Gasteiger partial charge in [-0.3, -0.25) is 0 Å². The fourth-order valence-corrected chi connectivity index (χ4v) is 1.57. The molecule has 19 heavy (non-hydrogen) atoms. The zero-order valence-electron chi connectivity index (χ0n) is 10.0. The van der Waals surface area contributed by atoms with Gasteiger partial charge >= 0.3 is 0 Å². The van der Waals surface area contributed by atoms with Gasteiger partial charge in [-0.05, 0) is 12.1 Å². The normalized spacial score (nSPS) is 10.3. The molecule has 0 spiro atoms. The maximum Gasteiger partial charge on any atom is 0.152 e.